The van der Waals surface area contributed by atoms with E-state index in [1.165, 1.54) is 17.9 Å². The number of aromatic nitrogens is 5. The molecule has 32 heavy (non-hydrogen) atoms. The van der Waals surface area contributed by atoms with Gasteiger partial charge in [-0.2, -0.15) is 0 Å². The van der Waals surface area contributed by atoms with Crippen molar-refractivity contribution in [3.05, 3.63) is 104 Å². The minimum absolute atomic E-state index is 0.926. The average molecular weight is 619 g/mol. The Morgan fingerprint density at radius 2 is 1.28 bits per heavy atom. The molecular weight excluding hydrogens is 598 g/mol. The maximum absolute atomic E-state index is 4.64. The van der Waals surface area contributed by atoms with E-state index in [0.29, 0.717) is 0 Å². The van der Waals surface area contributed by atoms with Crippen LogP contribution in [-0.2, 0) is 32.0 Å². The third-order valence-electron chi connectivity index (χ3n) is 4.42. The zero-order valence-corrected chi connectivity index (χ0v) is 20.8. The van der Waals surface area contributed by atoms with Crippen molar-refractivity contribution in [3.8, 4) is 33.8 Å². The van der Waals surface area contributed by atoms with Crippen LogP contribution in [-0.4, -0.2) is 24.5 Å². The molecule has 0 saturated carbocycles. The van der Waals surface area contributed by atoms with E-state index in [9.17, 15) is 0 Å². The minimum Gasteiger partial charge on any atom is -0.305 e. The van der Waals surface area contributed by atoms with E-state index in [1.54, 1.807) is 15.6 Å². The maximum Gasteiger partial charge on any atom is 0.0160 e. The molecule has 0 aliphatic carbocycles. The predicted molar refractivity (Wildman–Crippen MR) is 124 cm³/mol. The number of hydrogen-bond acceptors (Lipinski definition) is 3. The third kappa shape index (κ3) is 6.47. The first-order valence-electron chi connectivity index (χ1n) is 9.72. The molecule has 0 aliphatic heterocycles. The predicted octanol–water partition coefficient (Wildman–Crippen LogP) is 5.52. The second kappa shape index (κ2) is 12.1. The van der Waals surface area contributed by atoms with Crippen LogP contribution in [0.1, 0.15) is 0 Å². The summed E-state index contributed by atoms with van der Waals surface area (Å²) in [5, 5.41) is 8.76. The number of aryl methyl sites for hydroxylation is 2. The molecule has 3 aromatic heterocycles. The Morgan fingerprint density at radius 3 is 1.75 bits per heavy atom. The van der Waals surface area contributed by atoms with Crippen molar-refractivity contribution in [1.82, 2.24) is 24.5 Å². The molecule has 0 aliphatic rings. The first-order valence-corrected chi connectivity index (χ1v) is 12.7. The van der Waals surface area contributed by atoms with Crippen molar-refractivity contribution in [2.24, 2.45) is 14.1 Å². The standard InChI is InChI=1S/C14H13N4.C11H8N.ClH.Ir/c1-17-8-6-13(15-17)11-4-3-5-12(10-11)14-7-9-18(2)16-14;1-2-6-10(7-3-1)11-8-4-5-9-12-11;;/h3-9H,1-2H3;1-6,8-9H;1H;/q2*-1;;+3/p-1. The molecule has 0 unspecified atom stereocenters. The summed E-state index contributed by atoms with van der Waals surface area (Å²) in [4.78, 5) is 4.22. The fourth-order valence-corrected chi connectivity index (χ4v) is 2.96. The molecule has 0 amide bonds. The molecule has 3 heterocycles. The molecule has 5 rings (SSSR count). The topological polar surface area (TPSA) is 48.5 Å². The van der Waals surface area contributed by atoms with Gasteiger partial charge in [0.05, 0.1) is 0 Å². The van der Waals surface area contributed by atoms with E-state index in [0.717, 1.165) is 33.8 Å². The van der Waals surface area contributed by atoms with Gasteiger partial charge in [-0.05, 0) is 11.8 Å². The van der Waals surface area contributed by atoms with Crippen LogP contribution in [0.4, 0.5) is 0 Å². The van der Waals surface area contributed by atoms with Gasteiger partial charge in [-0.25, -0.2) is 10.2 Å². The summed E-state index contributed by atoms with van der Waals surface area (Å²) >= 11 is 1.47. The second-order valence-electron chi connectivity index (χ2n) is 6.72. The van der Waals surface area contributed by atoms with E-state index in [1.807, 2.05) is 99.3 Å². The van der Waals surface area contributed by atoms with Crippen molar-refractivity contribution in [2.75, 3.05) is 0 Å². The van der Waals surface area contributed by atoms with Crippen LogP contribution < -0.4 is 0 Å². The van der Waals surface area contributed by atoms with E-state index in [4.69, 9.17) is 0 Å². The summed E-state index contributed by atoms with van der Waals surface area (Å²) in [6.45, 7) is 0. The molecule has 0 spiro atoms. The van der Waals surface area contributed by atoms with Crippen LogP contribution in [0, 0.1) is 12.1 Å². The summed E-state index contributed by atoms with van der Waals surface area (Å²) in [6.07, 6.45) is 5.64. The van der Waals surface area contributed by atoms with E-state index in [-0.39, 0.29) is 0 Å². The number of nitrogens with zero attached hydrogens (tertiary/aromatic N) is 5. The number of benzene rings is 2. The minimum atomic E-state index is 0.926. The fraction of sp³-hybridized carbons (Fsp3) is 0.0800. The van der Waals surface area contributed by atoms with Gasteiger partial charge in [0.1, 0.15) is 0 Å². The molecule has 0 fully saturated rings. The van der Waals surface area contributed by atoms with Crippen molar-refractivity contribution < 1.29 is 17.9 Å². The first-order chi connectivity index (χ1) is 15.7. The molecule has 0 N–H and O–H groups in total. The number of hydrogen-bond donors (Lipinski definition) is 0. The fourth-order valence-electron chi connectivity index (χ4n) is 2.96. The molecule has 0 atom stereocenters. The second-order valence-corrected chi connectivity index (χ2v) is 6.72. The monoisotopic (exact) mass is 619 g/mol. The van der Waals surface area contributed by atoms with Crippen LogP contribution in [0.25, 0.3) is 33.8 Å². The molecule has 0 saturated heterocycles. The summed E-state index contributed by atoms with van der Waals surface area (Å²) in [5.41, 5.74) is 5.83. The van der Waals surface area contributed by atoms with Gasteiger partial charge in [0, 0.05) is 44.1 Å². The van der Waals surface area contributed by atoms with Crippen molar-refractivity contribution >= 4 is 9.58 Å². The molecular formula is C25H21ClIrN5. The molecule has 5 aromatic rings. The van der Waals surface area contributed by atoms with E-state index in [2.05, 4.69) is 36.9 Å². The summed E-state index contributed by atoms with van der Waals surface area (Å²) in [7, 11) is 8.46. The number of rotatable bonds is 3. The van der Waals surface area contributed by atoms with Crippen molar-refractivity contribution in [3.63, 3.8) is 0 Å². The zero-order valence-electron chi connectivity index (χ0n) is 17.6. The van der Waals surface area contributed by atoms with Crippen molar-refractivity contribution in [1.29, 1.82) is 0 Å². The largest absolute Gasteiger partial charge is 0.305 e. The van der Waals surface area contributed by atoms with Gasteiger partial charge in [0.15, 0.2) is 0 Å². The summed E-state index contributed by atoms with van der Waals surface area (Å²) in [6, 6.07) is 30.2. The zero-order chi connectivity index (χ0) is 22.8. The Bertz CT molecular complexity index is 1130. The van der Waals surface area contributed by atoms with Gasteiger partial charge in [0.25, 0.3) is 0 Å². The van der Waals surface area contributed by atoms with E-state index < -0.39 is 0 Å². The van der Waals surface area contributed by atoms with Gasteiger partial charge >= 0.3 is 27.5 Å². The van der Waals surface area contributed by atoms with Crippen LogP contribution in [0.2, 0.25) is 0 Å². The first kappa shape index (κ1) is 23.6. The van der Waals surface area contributed by atoms with Crippen LogP contribution in [0.15, 0.2) is 91.4 Å². The van der Waals surface area contributed by atoms with Crippen LogP contribution in [0.5, 0.6) is 0 Å². The van der Waals surface area contributed by atoms with Gasteiger partial charge < -0.3 is 4.98 Å². The van der Waals surface area contributed by atoms with Gasteiger partial charge in [0.2, 0.25) is 0 Å². The molecule has 0 radical (unpaired) electrons. The molecule has 7 heteroatoms. The van der Waals surface area contributed by atoms with Gasteiger partial charge in [-0.15, -0.1) is 60.2 Å². The molecule has 0 bridgehead atoms. The van der Waals surface area contributed by atoms with Gasteiger partial charge in [-0.1, -0.05) is 35.4 Å². The summed E-state index contributed by atoms with van der Waals surface area (Å²) < 4.78 is 3.58. The molecule has 2 aromatic carbocycles. The average Bonchev–Trinajstić information content (AvgIpc) is 3.50. The molecule has 5 nitrogen and oxygen atoms in total. The molecule has 162 valence electrons. The van der Waals surface area contributed by atoms with Crippen LogP contribution in [0.3, 0.4) is 0 Å². The smallest absolute Gasteiger partial charge is 0.0160 e. The Morgan fingerprint density at radius 1 is 0.688 bits per heavy atom. The van der Waals surface area contributed by atoms with Crippen molar-refractivity contribution in [2.45, 2.75) is 0 Å². The Balaban J connectivity index is 0.000000180. The van der Waals surface area contributed by atoms with Gasteiger partial charge in [-0.3, -0.25) is 9.36 Å². The number of pyridine rings is 1. The Kier molecular flexibility index (Phi) is 8.93. The normalized spacial score (nSPS) is 9.88. The quantitative estimate of drug-likeness (QED) is 0.250. The Hall–Kier alpha value is -3.05. The Labute approximate surface area is 202 Å². The maximum atomic E-state index is 4.64. The number of halogens is 1. The summed E-state index contributed by atoms with van der Waals surface area (Å²) in [5.74, 6) is 0. The van der Waals surface area contributed by atoms with Crippen LogP contribution >= 0.6 is 9.58 Å². The van der Waals surface area contributed by atoms with E-state index >= 15 is 0 Å². The third-order valence-corrected chi connectivity index (χ3v) is 4.42. The SMILES string of the molecule is Cn1ccc(-c2[c-]c(-c3ccn(C)n3)ccc2)n1.[Cl][Ir+2].[c-]1ccccc1-c1ccccn1.